The van der Waals surface area contributed by atoms with E-state index in [0.29, 0.717) is 0 Å². The van der Waals surface area contributed by atoms with E-state index in [1.54, 1.807) is 18.4 Å². The minimum absolute atomic E-state index is 0. The van der Waals surface area contributed by atoms with Gasteiger partial charge in [0.15, 0.2) is 5.96 Å². The van der Waals surface area contributed by atoms with Gasteiger partial charge in [0.1, 0.15) is 0 Å². The van der Waals surface area contributed by atoms with Crippen LogP contribution in [0.1, 0.15) is 18.2 Å². The summed E-state index contributed by atoms with van der Waals surface area (Å²) < 4.78 is 5.28. The fraction of sp³-hybridized carbons (Fsp3) is 0.615. The summed E-state index contributed by atoms with van der Waals surface area (Å²) in [5, 5.41) is 8.68. The highest BCUT2D eigenvalue weighted by Crippen LogP contribution is 2.07. The number of aliphatic imine (C=N–C) groups is 1. The van der Waals surface area contributed by atoms with Gasteiger partial charge in [-0.3, -0.25) is 4.99 Å². The smallest absolute Gasteiger partial charge is 0.190 e. The van der Waals surface area contributed by atoms with E-state index in [2.05, 4.69) is 33.1 Å². The van der Waals surface area contributed by atoms with Gasteiger partial charge in [0, 0.05) is 38.2 Å². The van der Waals surface area contributed by atoms with Crippen LogP contribution in [0.25, 0.3) is 0 Å². The summed E-state index contributed by atoms with van der Waals surface area (Å²) in [4.78, 5) is 5.58. The molecule has 110 valence electrons. The third kappa shape index (κ3) is 9.23. The quantitative estimate of drug-likeness (QED) is 0.307. The first-order valence-corrected chi connectivity index (χ1v) is 7.29. The second-order valence-corrected chi connectivity index (χ2v) is 4.84. The zero-order chi connectivity index (χ0) is 13.1. The molecule has 4 nitrogen and oxygen atoms in total. The average Bonchev–Trinajstić information content (AvgIpc) is 2.89. The molecule has 0 aliphatic heterocycles. The summed E-state index contributed by atoms with van der Waals surface area (Å²) in [6.45, 7) is 5.40. The van der Waals surface area contributed by atoms with Crippen molar-refractivity contribution in [1.29, 1.82) is 0 Å². The molecule has 0 fully saturated rings. The molecule has 0 amide bonds. The zero-order valence-corrected chi connectivity index (χ0v) is 14.8. The third-order valence-corrected chi connectivity index (χ3v) is 3.37. The summed E-state index contributed by atoms with van der Waals surface area (Å²) >= 11 is 1.79. The van der Waals surface area contributed by atoms with Crippen LogP contribution in [0, 0.1) is 0 Å². The minimum Gasteiger partial charge on any atom is -0.382 e. The Bertz CT molecular complexity index is 331. The van der Waals surface area contributed by atoms with Gasteiger partial charge in [-0.25, -0.2) is 0 Å². The number of guanidine groups is 1. The summed E-state index contributed by atoms with van der Waals surface area (Å²) in [7, 11) is 1.79. The van der Waals surface area contributed by atoms with Crippen molar-refractivity contribution in [3.8, 4) is 0 Å². The zero-order valence-electron chi connectivity index (χ0n) is 11.6. The lowest BCUT2D eigenvalue weighted by Gasteiger charge is -2.11. The second kappa shape index (κ2) is 12.7. The van der Waals surface area contributed by atoms with Crippen molar-refractivity contribution >= 4 is 41.3 Å². The Labute approximate surface area is 137 Å². The van der Waals surface area contributed by atoms with E-state index in [1.807, 2.05) is 6.92 Å². The molecule has 0 aliphatic carbocycles. The van der Waals surface area contributed by atoms with Crippen molar-refractivity contribution in [1.82, 2.24) is 10.6 Å². The third-order valence-electron chi connectivity index (χ3n) is 2.43. The van der Waals surface area contributed by atoms with Gasteiger partial charge in [0.25, 0.3) is 0 Å². The summed E-state index contributed by atoms with van der Waals surface area (Å²) in [5.41, 5.74) is 0. The van der Waals surface area contributed by atoms with E-state index in [0.717, 1.165) is 45.1 Å². The number of ether oxygens (including phenoxy) is 1. The number of nitrogens with zero attached hydrogens (tertiary/aromatic N) is 1. The largest absolute Gasteiger partial charge is 0.382 e. The topological polar surface area (TPSA) is 45.6 Å². The standard InChI is InChI=1S/C13H23N3OS.HI/c1-3-17-10-5-8-15-13(14-2)16-9-7-12-6-4-11-18-12;/h4,6,11H,3,5,7-10H2,1-2H3,(H2,14,15,16);1H. The van der Waals surface area contributed by atoms with Crippen molar-refractivity contribution in [2.75, 3.05) is 33.4 Å². The maximum absolute atomic E-state index is 5.28. The Morgan fingerprint density at radius 1 is 1.37 bits per heavy atom. The minimum atomic E-state index is 0. The molecule has 0 saturated heterocycles. The van der Waals surface area contributed by atoms with Gasteiger partial charge in [0.2, 0.25) is 0 Å². The molecule has 1 heterocycles. The van der Waals surface area contributed by atoms with Crippen LogP contribution in [-0.4, -0.2) is 39.3 Å². The molecular weight excluding hydrogens is 373 g/mol. The number of thiophene rings is 1. The molecule has 0 spiro atoms. The molecule has 0 saturated carbocycles. The van der Waals surface area contributed by atoms with Crippen molar-refractivity contribution in [3.63, 3.8) is 0 Å². The van der Waals surface area contributed by atoms with E-state index in [1.165, 1.54) is 4.88 Å². The van der Waals surface area contributed by atoms with E-state index in [4.69, 9.17) is 4.74 Å². The highest BCUT2D eigenvalue weighted by Gasteiger charge is 1.97. The maximum atomic E-state index is 5.28. The highest BCUT2D eigenvalue weighted by molar-refractivity contribution is 14.0. The van der Waals surface area contributed by atoms with Gasteiger partial charge >= 0.3 is 0 Å². The van der Waals surface area contributed by atoms with Crippen LogP contribution in [0.2, 0.25) is 0 Å². The molecule has 0 aromatic carbocycles. The Morgan fingerprint density at radius 2 is 2.16 bits per heavy atom. The second-order valence-electron chi connectivity index (χ2n) is 3.81. The average molecular weight is 397 g/mol. The molecule has 1 aromatic rings. The molecule has 0 unspecified atom stereocenters. The van der Waals surface area contributed by atoms with Crippen molar-refractivity contribution < 1.29 is 4.74 Å². The first kappa shape index (κ1) is 18.7. The van der Waals surface area contributed by atoms with Gasteiger partial charge in [-0.05, 0) is 31.2 Å². The molecule has 19 heavy (non-hydrogen) atoms. The van der Waals surface area contributed by atoms with Crippen LogP contribution in [0.5, 0.6) is 0 Å². The summed E-state index contributed by atoms with van der Waals surface area (Å²) in [6, 6.07) is 4.24. The summed E-state index contributed by atoms with van der Waals surface area (Å²) in [6.07, 6.45) is 2.04. The maximum Gasteiger partial charge on any atom is 0.190 e. The number of halogens is 1. The van der Waals surface area contributed by atoms with E-state index >= 15 is 0 Å². The Kier molecular flexibility index (Phi) is 12.5. The predicted octanol–water partition coefficient (Wildman–Crippen LogP) is 2.50. The number of hydrogen-bond acceptors (Lipinski definition) is 3. The van der Waals surface area contributed by atoms with Crippen LogP contribution < -0.4 is 10.6 Å². The molecule has 0 radical (unpaired) electrons. The van der Waals surface area contributed by atoms with Gasteiger partial charge in [-0.2, -0.15) is 0 Å². The molecule has 6 heteroatoms. The first-order chi connectivity index (χ1) is 8.86. The SMILES string of the molecule is CCOCCCNC(=NC)NCCc1cccs1.I. The van der Waals surface area contributed by atoms with Crippen LogP contribution in [0.4, 0.5) is 0 Å². The van der Waals surface area contributed by atoms with Crippen LogP contribution in [0.15, 0.2) is 22.5 Å². The van der Waals surface area contributed by atoms with Crippen LogP contribution in [-0.2, 0) is 11.2 Å². The highest BCUT2D eigenvalue weighted by atomic mass is 127. The lowest BCUT2D eigenvalue weighted by atomic mass is 10.3. The molecule has 0 bridgehead atoms. The lowest BCUT2D eigenvalue weighted by Crippen LogP contribution is -2.38. The predicted molar refractivity (Wildman–Crippen MR) is 93.9 cm³/mol. The van der Waals surface area contributed by atoms with Gasteiger partial charge in [-0.15, -0.1) is 35.3 Å². The van der Waals surface area contributed by atoms with Gasteiger partial charge < -0.3 is 15.4 Å². The van der Waals surface area contributed by atoms with Crippen molar-refractivity contribution in [3.05, 3.63) is 22.4 Å². The van der Waals surface area contributed by atoms with Gasteiger partial charge in [0.05, 0.1) is 0 Å². The van der Waals surface area contributed by atoms with Crippen molar-refractivity contribution in [2.45, 2.75) is 19.8 Å². The van der Waals surface area contributed by atoms with Crippen molar-refractivity contribution in [2.24, 2.45) is 4.99 Å². The van der Waals surface area contributed by atoms with E-state index in [-0.39, 0.29) is 24.0 Å². The fourth-order valence-electron chi connectivity index (χ4n) is 1.50. The molecule has 2 N–H and O–H groups in total. The van der Waals surface area contributed by atoms with E-state index < -0.39 is 0 Å². The van der Waals surface area contributed by atoms with Crippen LogP contribution >= 0.6 is 35.3 Å². The Balaban J connectivity index is 0.00000324. The number of hydrogen-bond donors (Lipinski definition) is 2. The number of nitrogens with one attached hydrogen (secondary N) is 2. The fourth-order valence-corrected chi connectivity index (χ4v) is 2.21. The molecule has 0 aliphatic rings. The molecule has 1 rings (SSSR count). The number of rotatable bonds is 8. The molecule has 1 aromatic heterocycles. The van der Waals surface area contributed by atoms with Crippen LogP contribution in [0.3, 0.4) is 0 Å². The lowest BCUT2D eigenvalue weighted by molar-refractivity contribution is 0.145. The molecule has 0 atom stereocenters. The molecular formula is C13H24IN3OS. The Morgan fingerprint density at radius 3 is 2.79 bits per heavy atom. The summed E-state index contributed by atoms with van der Waals surface area (Å²) in [5.74, 6) is 0.864. The monoisotopic (exact) mass is 397 g/mol. The van der Waals surface area contributed by atoms with Gasteiger partial charge in [-0.1, -0.05) is 6.07 Å². The first-order valence-electron chi connectivity index (χ1n) is 6.41. The normalized spacial score (nSPS) is 10.9. The Hall–Kier alpha value is -0.340. The van der Waals surface area contributed by atoms with E-state index in [9.17, 15) is 0 Å².